The van der Waals surface area contributed by atoms with E-state index in [2.05, 4.69) is 36.1 Å². The van der Waals surface area contributed by atoms with Crippen LogP contribution >= 0.6 is 11.6 Å². The van der Waals surface area contributed by atoms with Crippen LogP contribution in [0.3, 0.4) is 0 Å². The molecule has 0 fully saturated rings. The molecule has 1 aromatic heterocycles. The molecule has 0 atom stereocenters. The summed E-state index contributed by atoms with van der Waals surface area (Å²) in [5.74, 6) is 1.60. The number of pyridine rings is 1. The van der Waals surface area contributed by atoms with Gasteiger partial charge in [-0.1, -0.05) is 25.4 Å². The Kier molecular flexibility index (Phi) is 5.03. The number of anilines is 1. The highest BCUT2D eigenvalue weighted by molar-refractivity contribution is 6.31. The summed E-state index contributed by atoms with van der Waals surface area (Å²) in [6, 6.07) is 3.87. The van der Waals surface area contributed by atoms with E-state index in [9.17, 15) is 0 Å². The molecule has 1 N–H and O–H groups in total. The van der Waals surface area contributed by atoms with Gasteiger partial charge < -0.3 is 10.2 Å². The lowest BCUT2D eigenvalue weighted by Crippen LogP contribution is -2.24. The normalized spacial score (nSPS) is 10.9. The van der Waals surface area contributed by atoms with E-state index in [1.54, 1.807) is 0 Å². The first-order chi connectivity index (χ1) is 7.54. The molecule has 90 valence electrons. The van der Waals surface area contributed by atoms with E-state index in [-0.39, 0.29) is 0 Å². The van der Waals surface area contributed by atoms with Gasteiger partial charge in [-0.15, -0.1) is 0 Å². The Hall–Kier alpha value is -0.800. The minimum absolute atomic E-state index is 0.621. The van der Waals surface area contributed by atoms with Crippen LogP contribution in [0.5, 0.6) is 0 Å². The molecule has 0 aliphatic heterocycles. The molecular weight excluding hydrogens is 222 g/mol. The van der Waals surface area contributed by atoms with E-state index in [0.29, 0.717) is 12.5 Å². The van der Waals surface area contributed by atoms with E-state index < -0.39 is 0 Å². The first kappa shape index (κ1) is 13.3. The summed E-state index contributed by atoms with van der Waals surface area (Å²) in [5, 5.41) is 3.78. The number of rotatable bonds is 5. The molecule has 1 rings (SSSR count). The van der Waals surface area contributed by atoms with Crippen molar-refractivity contribution in [2.45, 2.75) is 20.4 Å². The van der Waals surface area contributed by atoms with Gasteiger partial charge in [0.2, 0.25) is 0 Å². The van der Waals surface area contributed by atoms with Crippen molar-refractivity contribution in [1.82, 2.24) is 10.3 Å². The quantitative estimate of drug-likeness (QED) is 0.859. The van der Waals surface area contributed by atoms with Gasteiger partial charge >= 0.3 is 0 Å². The molecule has 0 saturated carbocycles. The van der Waals surface area contributed by atoms with Crippen molar-refractivity contribution in [1.29, 1.82) is 0 Å². The molecule has 0 radical (unpaired) electrons. The molecule has 0 bridgehead atoms. The Labute approximate surface area is 103 Å². The minimum Gasteiger partial charge on any atom is -0.359 e. The van der Waals surface area contributed by atoms with E-state index in [4.69, 9.17) is 11.6 Å². The highest BCUT2D eigenvalue weighted by Crippen LogP contribution is 2.19. The monoisotopic (exact) mass is 241 g/mol. The van der Waals surface area contributed by atoms with Gasteiger partial charge in [0.15, 0.2) is 0 Å². The van der Waals surface area contributed by atoms with Gasteiger partial charge in [0.1, 0.15) is 5.82 Å². The molecule has 16 heavy (non-hydrogen) atoms. The van der Waals surface area contributed by atoms with E-state index >= 15 is 0 Å². The fourth-order valence-corrected chi connectivity index (χ4v) is 1.79. The molecule has 1 heterocycles. The Morgan fingerprint density at radius 3 is 2.69 bits per heavy atom. The lowest BCUT2D eigenvalue weighted by Gasteiger charge is -2.21. The van der Waals surface area contributed by atoms with Gasteiger partial charge in [-0.3, -0.25) is 0 Å². The molecule has 0 saturated heterocycles. The highest BCUT2D eigenvalue weighted by atomic mass is 35.5. The van der Waals surface area contributed by atoms with E-state index in [0.717, 1.165) is 23.1 Å². The topological polar surface area (TPSA) is 28.2 Å². The SMILES string of the molecule is CNCc1nc(N(C)CC(C)C)ccc1Cl. The smallest absolute Gasteiger partial charge is 0.128 e. The first-order valence-corrected chi connectivity index (χ1v) is 5.93. The number of hydrogen-bond donors (Lipinski definition) is 1. The Morgan fingerprint density at radius 1 is 1.44 bits per heavy atom. The molecule has 4 heteroatoms. The molecular formula is C12H20ClN3. The summed E-state index contributed by atoms with van der Waals surface area (Å²) in [6.45, 7) is 6.08. The van der Waals surface area contributed by atoms with Crippen LogP contribution in [0.1, 0.15) is 19.5 Å². The zero-order chi connectivity index (χ0) is 12.1. The standard InChI is InChI=1S/C12H20ClN3/c1-9(2)8-16(4)12-6-5-10(13)11(15-12)7-14-3/h5-6,9,14H,7-8H2,1-4H3. The number of aromatic nitrogens is 1. The van der Waals surface area contributed by atoms with Gasteiger partial charge in [-0.05, 0) is 25.1 Å². The average molecular weight is 242 g/mol. The van der Waals surface area contributed by atoms with Crippen LogP contribution in [0.15, 0.2) is 12.1 Å². The third kappa shape index (κ3) is 3.65. The van der Waals surface area contributed by atoms with Crippen LogP contribution < -0.4 is 10.2 Å². The van der Waals surface area contributed by atoms with Crippen LogP contribution in [-0.2, 0) is 6.54 Å². The highest BCUT2D eigenvalue weighted by Gasteiger charge is 2.08. The van der Waals surface area contributed by atoms with Crippen molar-refractivity contribution in [2.24, 2.45) is 5.92 Å². The van der Waals surface area contributed by atoms with Crippen molar-refractivity contribution in [3.05, 3.63) is 22.8 Å². The Morgan fingerprint density at radius 2 is 2.12 bits per heavy atom. The number of nitrogens with one attached hydrogen (secondary N) is 1. The molecule has 3 nitrogen and oxygen atoms in total. The predicted molar refractivity (Wildman–Crippen MR) is 70.1 cm³/mol. The van der Waals surface area contributed by atoms with Crippen molar-refractivity contribution in [2.75, 3.05) is 25.5 Å². The summed E-state index contributed by atoms with van der Waals surface area (Å²) in [5.41, 5.74) is 0.900. The Balaban J connectivity index is 2.84. The summed E-state index contributed by atoms with van der Waals surface area (Å²) in [7, 11) is 3.95. The third-order valence-corrected chi connectivity index (χ3v) is 2.62. The van der Waals surface area contributed by atoms with Crippen molar-refractivity contribution in [3.63, 3.8) is 0 Å². The largest absolute Gasteiger partial charge is 0.359 e. The number of hydrogen-bond acceptors (Lipinski definition) is 3. The molecule has 0 spiro atoms. The maximum atomic E-state index is 6.06. The van der Waals surface area contributed by atoms with Crippen molar-refractivity contribution < 1.29 is 0 Å². The molecule has 0 aliphatic carbocycles. The van der Waals surface area contributed by atoms with E-state index in [1.165, 1.54) is 0 Å². The van der Waals surface area contributed by atoms with Gasteiger partial charge in [0, 0.05) is 20.1 Å². The van der Waals surface area contributed by atoms with Crippen LogP contribution in [0.2, 0.25) is 5.02 Å². The molecule has 1 aromatic rings. The summed E-state index contributed by atoms with van der Waals surface area (Å²) < 4.78 is 0. The van der Waals surface area contributed by atoms with Crippen molar-refractivity contribution >= 4 is 17.4 Å². The molecule has 0 aromatic carbocycles. The van der Waals surface area contributed by atoms with E-state index in [1.807, 2.05) is 19.2 Å². The molecule has 0 amide bonds. The van der Waals surface area contributed by atoms with Crippen LogP contribution in [-0.4, -0.2) is 25.6 Å². The predicted octanol–water partition coefficient (Wildman–Crippen LogP) is 2.55. The van der Waals surface area contributed by atoms with Gasteiger partial charge in [-0.25, -0.2) is 4.98 Å². The van der Waals surface area contributed by atoms with Crippen molar-refractivity contribution in [3.8, 4) is 0 Å². The lowest BCUT2D eigenvalue weighted by molar-refractivity contribution is 0.633. The van der Waals surface area contributed by atoms with Crippen LogP contribution in [0.4, 0.5) is 5.82 Å². The average Bonchev–Trinajstić information content (AvgIpc) is 2.20. The maximum Gasteiger partial charge on any atom is 0.128 e. The Bertz CT molecular complexity index is 339. The lowest BCUT2D eigenvalue weighted by atomic mass is 10.2. The second-order valence-corrected chi connectivity index (χ2v) is 4.81. The van der Waals surface area contributed by atoms with Gasteiger partial charge in [0.25, 0.3) is 0 Å². The van der Waals surface area contributed by atoms with Crippen LogP contribution in [0.25, 0.3) is 0 Å². The zero-order valence-corrected chi connectivity index (χ0v) is 11.2. The van der Waals surface area contributed by atoms with Gasteiger partial charge in [0.05, 0.1) is 10.7 Å². The summed E-state index contributed by atoms with van der Waals surface area (Å²) in [6.07, 6.45) is 0. The second-order valence-electron chi connectivity index (χ2n) is 4.40. The van der Waals surface area contributed by atoms with Gasteiger partial charge in [-0.2, -0.15) is 0 Å². The minimum atomic E-state index is 0.621. The van der Waals surface area contributed by atoms with Crippen LogP contribution in [0, 0.1) is 5.92 Å². The fourth-order valence-electron chi connectivity index (χ4n) is 1.62. The maximum absolute atomic E-state index is 6.06. The summed E-state index contributed by atoms with van der Waals surface area (Å²) in [4.78, 5) is 6.70. The zero-order valence-electron chi connectivity index (χ0n) is 10.4. The fraction of sp³-hybridized carbons (Fsp3) is 0.583. The first-order valence-electron chi connectivity index (χ1n) is 5.55. The summed E-state index contributed by atoms with van der Waals surface area (Å²) >= 11 is 6.06. The second kappa shape index (κ2) is 6.06. The molecule has 0 unspecified atom stereocenters. The number of halogens is 1. The molecule has 0 aliphatic rings. The third-order valence-electron chi connectivity index (χ3n) is 2.28. The number of nitrogens with zero attached hydrogens (tertiary/aromatic N) is 2.